The molecule has 0 saturated heterocycles. The van der Waals surface area contributed by atoms with Gasteiger partial charge >= 0.3 is 0 Å². The molecule has 3 aromatic rings. The van der Waals surface area contributed by atoms with E-state index in [2.05, 4.69) is 5.32 Å². The van der Waals surface area contributed by atoms with Gasteiger partial charge < -0.3 is 10.2 Å². The Bertz CT molecular complexity index is 1380. The molecular formula is C29H33Cl2N3O4S. The summed E-state index contributed by atoms with van der Waals surface area (Å²) in [7, 11) is -2.15. The minimum atomic E-state index is -3.70. The average molecular weight is 591 g/mol. The molecule has 0 heterocycles. The first kappa shape index (κ1) is 30.5. The van der Waals surface area contributed by atoms with Crippen LogP contribution in [-0.2, 0) is 32.6 Å². The van der Waals surface area contributed by atoms with E-state index in [1.165, 1.54) is 12.1 Å². The predicted molar refractivity (Wildman–Crippen MR) is 158 cm³/mol. The quantitative estimate of drug-likeness (QED) is 0.313. The van der Waals surface area contributed by atoms with Crippen LogP contribution < -0.4 is 9.62 Å². The number of sulfonamides is 1. The lowest BCUT2D eigenvalue weighted by molar-refractivity contribution is -0.141. The Kier molecular flexibility index (Phi) is 10.8. The average Bonchev–Trinajstić information content (AvgIpc) is 2.90. The summed E-state index contributed by atoms with van der Waals surface area (Å²) < 4.78 is 26.3. The standard InChI is InChI=1S/C29H33Cl2N3O4S/c1-21-11-13-23(14-12-21)20-33(27(29(36)32-2)18-22-8-5-4-6-9-22)28(35)10-7-17-34(39(3,37)38)26-19-24(30)15-16-25(26)31/h4-6,8-9,11-16,19,27H,7,10,17-18,20H2,1-3H3,(H,32,36)/t27-/m0/s1. The highest BCUT2D eigenvalue weighted by Crippen LogP contribution is 2.31. The Morgan fingerprint density at radius 2 is 1.62 bits per heavy atom. The third-order valence-corrected chi connectivity index (χ3v) is 8.05. The van der Waals surface area contributed by atoms with E-state index in [0.29, 0.717) is 11.4 Å². The summed E-state index contributed by atoms with van der Waals surface area (Å²) >= 11 is 12.4. The summed E-state index contributed by atoms with van der Waals surface area (Å²) in [6, 6.07) is 21.2. The van der Waals surface area contributed by atoms with Crippen LogP contribution in [0, 0.1) is 6.92 Å². The molecule has 0 aromatic heterocycles. The molecule has 0 unspecified atom stereocenters. The number of benzene rings is 3. The van der Waals surface area contributed by atoms with Gasteiger partial charge in [-0.3, -0.25) is 13.9 Å². The molecule has 0 saturated carbocycles. The van der Waals surface area contributed by atoms with Crippen LogP contribution in [0.2, 0.25) is 10.0 Å². The zero-order valence-corrected chi connectivity index (χ0v) is 24.6. The maximum Gasteiger partial charge on any atom is 0.242 e. The molecule has 208 valence electrons. The molecule has 0 aliphatic carbocycles. The molecule has 0 radical (unpaired) electrons. The number of rotatable bonds is 12. The lowest BCUT2D eigenvalue weighted by atomic mass is 10.0. The molecule has 0 bridgehead atoms. The normalized spacial score (nSPS) is 12.0. The van der Waals surface area contributed by atoms with Crippen molar-refractivity contribution in [1.82, 2.24) is 10.2 Å². The number of nitrogens with zero attached hydrogens (tertiary/aromatic N) is 2. The van der Waals surface area contributed by atoms with Crippen LogP contribution >= 0.6 is 23.2 Å². The summed E-state index contributed by atoms with van der Waals surface area (Å²) in [4.78, 5) is 28.3. The topological polar surface area (TPSA) is 86.8 Å². The Morgan fingerprint density at radius 1 is 0.949 bits per heavy atom. The summed E-state index contributed by atoms with van der Waals surface area (Å²) in [5.74, 6) is -0.534. The monoisotopic (exact) mass is 589 g/mol. The first-order valence-corrected chi connectivity index (χ1v) is 15.1. The van der Waals surface area contributed by atoms with Gasteiger partial charge in [0.05, 0.1) is 17.0 Å². The largest absolute Gasteiger partial charge is 0.357 e. The van der Waals surface area contributed by atoms with E-state index in [1.54, 1.807) is 18.0 Å². The van der Waals surface area contributed by atoms with E-state index >= 15 is 0 Å². The van der Waals surface area contributed by atoms with Crippen molar-refractivity contribution in [2.75, 3.05) is 24.2 Å². The molecule has 7 nitrogen and oxygen atoms in total. The molecular weight excluding hydrogens is 557 g/mol. The Balaban J connectivity index is 1.86. The number of carbonyl (C=O) groups is 2. The van der Waals surface area contributed by atoms with Crippen molar-refractivity contribution < 1.29 is 18.0 Å². The molecule has 1 N–H and O–H groups in total. The van der Waals surface area contributed by atoms with Crippen LogP contribution in [0.3, 0.4) is 0 Å². The van der Waals surface area contributed by atoms with Crippen molar-refractivity contribution in [2.45, 2.75) is 38.8 Å². The Labute approximate surface area is 240 Å². The van der Waals surface area contributed by atoms with Gasteiger partial charge in [-0.2, -0.15) is 0 Å². The van der Waals surface area contributed by atoms with Crippen molar-refractivity contribution >= 4 is 50.7 Å². The second kappa shape index (κ2) is 13.8. The van der Waals surface area contributed by atoms with E-state index in [0.717, 1.165) is 27.3 Å². The minimum absolute atomic E-state index is 0.0202. The maximum absolute atomic E-state index is 13.7. The highest BCUT2D eigenvalue weighted by Gasteiger charge is 2.30. The fraction of sp³-hybridized carbons (Fsp3) is 0.310. The number of nitrogens with one attached hydrogen (secondary N) is 1. The SMILES string of the molecule is CNC(=O)[C@H](Cc1ccccc1)N(Cc1ccc(C)cc1)C(=O)CCCN(c1cc(Cl)ccc1Cl)S(C)(=O)=O. The molecule has 39 heavy (non-hydrogen) atoms. The number of amides is 2. The van der Waals surface area contributed by atoms with Crippen LogP contribution in [0.5, 0.6) is 0 Å². The van der Waals surface area contributed by atoms with Crippen molar-refractivity contribution in [3.63, 3.8) is 0 Å². The van der Waals surface area contributed by atoms with E-state index in [-0.39, 0.29) is 48.5 Å². The zero-order chi connectivity index (χ0) is 28.6. The Morgan fingerprint density at radius 3 is 2.23 bits per heavy atom. The van der Waals surface area contributed by atoms with Crippen molar-refractivity contribution in [1.29, 1.82) is 0 Å². The number of aryl methyl sites for hydroxylation is 1. The highest BCUT2D eigenvalue weighted by molar-refractivity contribution is 7.92. The fourth-order valence-electron chi connectivity index (χ4n) is 4.27. The van der Waals surface area contributed by atoms with Gasteiger partial charge in [-0.15, -0.1) is 0 Å². The third kappa shape index (κ3) is 8.71. The Hall–Kier alpha value is -3.07. The van der Waals surface area contributed by atoms with Gasteiger partial charge in [0.25, 0.3) is 0 Å². The summed E-state index contributed by atoms with van der Waals surface area (Å²) in [5, 5.41) is 3.28. The van der Waals surface area contributed by atoms with Crippen LogP contribution in [0.1, 0.15) is 29.5 Å². The second-order valence-electron chi connectivity index (χ2n) is 9.36. The van der Waals surface area contributed by atoms with E-state index in [4.69, 9.17) is 23.2 Å². The molecule has 0 aliphatic heterocycles. The molecule has 3 rings (SSSR count). The molecule has 2 amide bonds. The fourth-order valence-corrected chi connectivity index (χ4v) is 5.68. The van der Waals surface area contributed by atoms with Crippen LogP contribution in [0.15, 0.2) is 72.8 Å². The highest BCUT2D eigenvalue weighted by atomic mass is 35.5. The number of likely N-dealkylation sites (N-methyl/N-ethyl adjacent to an activating group) is 1. The van der Waals surface area contributed by atoms with E-state index < -0.39 is 16.1 Å². The smallest absolute Gasteiger partial charge is 0.242 e. The first-order valence-electron chi connectivity index (χ1n) is 12.5. The van der Waals surface area contributed by atoms with Gasteiger partial charge in [-0.05, 0) is 42.7 Å². The van der Waals surface area contributed by atoms with E-state index in [9.17, 15) is 18.0 Å². The second-order valence-corrected chi connectivity index (χ2v) is 12.1. The van der Waals surface area contributed by atoms with Gasteiger partial charge in [-0.1, -0.05) is 83.4 Å². The number of anilines is 1. The summed E-state index contributed by atoms with van der Waals surface area (Å²) in [6.07, 6.45) is 1.66. The molecule has 0 fully saturated rings. The van der Waals surface area contributed by atoms with Crippen LogP contribution in [-0.4, -0.2) is 51.0 Å². The van der Waals surface area contributed by atoms with Gasteiger partial charge in [0.2, 0.25) is 21.8 Å². The number of halogens is 2. The van der Waals surface area contributed by atoms with Crippen LogP contribution in [0.4, 0.5) is 5.69 Å². The number of carbonyl (C=O) groups excluding carboxylic acids is 2. The zero-order valence-electron chi connectivity index (χ0n) is 22.2. The molecule has 1 atom stereocenters. The minimum Gasteiger partial charge on any atom is -0.357 e. The van der Waals surface area contributed by atoms with Crippen LogP contribution in [0.25, 0.3) is 0 Å². The molecule has 0 aliphatic rings. The summed E-state index contributed by atoms with van der Waals surface area (Å²) in [5.41, 5.74) is 3.15. The van der Waals surface area contributed by atoms with Gasteiger partial charge in [-0.25, -0.2) is 8.42 Å². The lowest BCUT2D eigenvalue weighted by Gasteiger charge is -2.31. The van der Waals surface area contributed by atoms with Crippen molar-refractivity contribution in [3.8, 4) is 0 Å². The first-order chi connectivity index (χ1) is 18.5. The third-order valence-electron chi connectivity index (χ3n) is 6.32. The summed E-state index contributed by atoms with van der Waals surface area (Å²) in [6.45, 7) is 2.24. The van der Waals surface area contributed by atoms with Gasteiger partial charge in [0.15, 0.2) is 0 Å². The van der Waals surface area contributed by atoms with Crippen molar-refractivity contribution in [2.24, 2.45) is 0 Å². The maximum atomic E-state index is 13.7. The lowest BCUT2D eigenvalue weighted by Crippen LogP contribution is -2.49. The molecule has 10 heteroatoms. The molecule has 3 aromatic carbocycles. The van der Waals surface area contributed by atoms with Gasteiger partial charge in [0.1, 0.15) is 6.04 Å². The van der Waals surface area contributed by atoms with Crippen molar-refractivity contribution in [3.05, 3.63) is 99.5 Å². The number of hydrogen-bond acceptors (Lipinski definition) is 4. The predicted octanol–water partition coefficient (Wildman–Crippen LogP) is 5.23. The van der Waals surface area contributed by atoms with E-state index in [1.807, 2.05) is 61.5 Å². The van der Waals surface area contributed by atoms with Gasteiger partial charge in [0, 0.05) is 38.0 Å². The molecule has 0 spiro atoms. The number of hydrogen-bond donors (Lipinski definition) is 1.